The summed E-state index contributed by atoms with van der Waals surface area (Å²) in [5.41, 5.74) is 7.28. The zero-order valence-electron chi connectivity index (χ0n) is 13.1. The molecule has 2 aliphatic heterocycles. The minimum atomic E-state index is -0.174. The van der Waals surface area contributed by atoms with Gasteiger partial charge in [0.25, 0.3) is 0 Å². The molecule has 2 unspecified atom stereocenters. The number of rotatable bonds is 7. The van der Waals surface area contributed by atoms with Crippen molar-refractivity contribution in [3.05, 3.63) is 23.8 Å². The number of hydrogen-bond acceptors (Lipinski definition) is 7. The molecule has 1 aromatic rings. The fourth-order valence-electron chi connectivity index (χ4n) is 2.69. The first-order valence-electron chi connectivity index (χ1n) is 7.65. The third-order valence-corrected chi connectivity index (χ3v) is 3.89. The third kappa shape index (κ3) is 3.91. The van der Waals surface area contributed by atoms with Crippen LogP contribution in [0.2, 0.25) is 0 Å². The average Bonchev–Trinajstić information content (AvgIpc) is 3.19. The minimum Gasteiger partial charge on any atom is -0.454 e. The summed E-state index contributed by atoms with van der Waals surface area (Å²) >= 11 is 0. The smallest absolute Gasteiger partial charge is 0.235 e. The van der Waals surface area contributed by atoms with Crippen LogP contribution in [0.4, 0.5) is 0 Å². The molecule has 2 atom stereocenters. The summed E-state index contributed by atoms with van der Waals surface area (Å²) in [7, 11) is 1.63. The Morgan fingerprint density at radius 3 is 3.13 bits per heavy atom. The van der Waals surface area contributed by atoms with Crippen LogP contribution in [0.3, 0.4) is 0 Å². The summed E-state index contributed by atoms with van der Waals surface area (Å²) < 4.78 is 15.7. The lowest BCUT2D eigenvalue weighted by atomic mass is 9.97. The molecule has 0 radical (unpaired) electrons. The van der Waals surface area contributed by atoms with E-state index >= 15 is 0 Å². The van der Waals surface area contributed by atoms with Crippen molar-refractivity contribution >= 4 is 5.91 Å². The molecule has 2 aliphatic rings. The number of fused-ring (bicyclic) bond motifs is 1. The van der Waals surface area contributed by atoms with Crippen LogP contribution in [-0.2, 0) is 9.53 Å². The Labute approximate surface area is 134 Å². The van der Waals surface area contributed by atoms with Crippen molar-refractivity contribution < 1.29 is 19.0 Å². The van der Waals surface area contributed by atoms with Gasteiger partial charge < -0.3 is 24.8 Å². The molecule has 2 heterocycles. The Morgan fingerprint density at radius 1 is 1.39 bits per heavy atom. The van der Waals surface area contributed by atoms with E-state index in [1.807, 2.05) is 18.2 Å². The van der Waals surface area contributed by atoms with E-state index in [2.05, 4.69) is 21.5 Å². The standard InChI is InChI=1S/C15H22N4O4/c1-21-5-4-16-8-14(20)18-15-11(7-17-19-15)10-2-3-12-13(6-10)23-9-22-12/h2-3,6,11,15-17,19H,4-5,7-9H2,1H3,(H,18,20). The van der Waals surface area contributed by atoms with Gasteiger partial charge in [0.15, 0.2) is 11.5 Å². The Kier molecular flexibility index (Phi) is 5.29. The maximum atomic E-state index is 12.0. The first-order valence-corrected chi connectivity index (χ1v) is 7.65. The molecule has 0 bridgehead atoms. The molecule has 3 rings (SSSR count). The van der Waals surface area contributed by atoms with Crippen LogP contribution in [0.25, 0.3) is 0 Å². The number of carbonyl (C=O) groups excluding carboxylic acids is 1. The van der Waals surface area contributed by atoms with Crippen molar-refractivity contribution in [2.24, 2.45) is 0 Å². The van der Waals surface area contributed by atoms with E-state index in [1.165, 1.54) is 0 Å². The molecule has 1 saturated heterocycles. The second-order valence-electron chi connectivity index (χ2n) is 5.46. The number of methoxy groups -OCH3 is 1. The van der Waals surface area contributed by atoms with Gasteiger partial charge in [0.05, 0.1) is 13.2 Å². The molecule has 0 saturated carbocycles. The first-order chi connectivity index (χ1) is 11.3. The van der Waals surface area contributed by atoms with Crippen LogP contribution in [0, 0.1) is 0 Å². The number of nitrogens with one attached hydrogen (secondary N) is 4. The van der Waals surface area contributed by atoms with E-state index in [9.17, 15) is 4.79 Å². The zero-order valence-corrected chi connectivity index (χ0v) is 13.1. The maximum Gasteiger partial charge on any atom is 0.235 e. The molecule has 23 heavy (non-hydrogen) atoms. The Morgan fingerprint density at radius 2 is 2.26 bits per heavy atom. The molecule has 4 N–H and O–H groups in total. The summed E-state index contributed by atoms with van der Waals surface area (Å²) in [6.07, 6.45) is -0.174. The predicted octanol–water partition coefficient (Wildman–Crippen LogP) is -0.715. The lowest BCUT2D eigenvalue weighted by molar-refractivity contribution is -0.121. The van der Waals surface area contributed by atoms with Crippen LogP contribution in [0.15, 0.2) is 18.2 Å². The highest BCUT2D eigenvalue weighted by Crippen LogP contribution is 2.35. The van der Waals surface area contributed by atoms with E-state index in [0.29, 0.717) is 13.2 Å². The summed E-state index contributed by atoms with van der Waals surface area (Å²) in [5.74, 6) is 1.57. The summed E-state index contributed by atoms with van der Waals surface area (Å²) in [4.78, 5) is 12.0. The summed E-state index contributed by atoms with van der Waals surface area (Å²) in [6, 6.07) is 5.88. The van der Waals surface area contributed by atoms with Crippen molar-refractivity contribution in [2.75, 3.05) is 40.1 Å². The first kappa shape index (κ1) is 16.0. The van der Waals surface area contributed by atoms with Crippen molar-refractivity contribution in [1.29, 1.82) is 0 Å². The lowest BCUT2D eigenvalue weighted by Crippen LogP contribution is -2.49. The topological polar surface area (TPSA) is 92.9 Å². The third-order valence-electron chi connectivity index (χ3n) is 3.89. The summed E-state index contributed by atoms with van der Waals surface area (Å²) in [5, 5.41) is 6.01. The number of carbonyl (C=O) groups is 1. The minimum absolute atomic E-state index is 0.0620. The highest BCUT2D eigenvalue weighted by Gasteiger charge is 2.30. The van der Waals surface area contributed by atoms with Crippen LogP contribution in [-0.4, -0.2) is 52.2 Å². The van der Waals surface area contributed by atoms with Gasteiger partial charge in [-0.05, 0) is 17.7 Å². The van der Waals surface area contributed by atoms with E-state index in [1.54, 1.807) is 7.11 Å². The molecule has 0 aliphatic carbocycles. The van der Waals surface area contributed by atoms with Crippen LogP contribution < -0.4 is 31.0 Å². The van der Waals surface area contributed by atoms with Crippen molar-refractivity contribution in [2.45, 2.75) is 12.1 Å². The monoisotopic (exact) mass is 322 g/mol. The zero-order chi connectivity index (χ0) is 16.1. The van der Waals surface area contributed by atoms with Crippen LogP contribution in [0.5, 0.6) is 11.5 Å². The highest BCUT2D eigenvalue weighted by atomic mass is 16.7. The quantitative estimate of drug-likeness (QED) is 0.493. The predicted molar refractivity (Wildman–Crippen MR) is 83.1 cm³/mol. The summed E-state index contributed by atoms with van der Waals surface area (Å²) in [6.45, 7) is 2.46. The lowest BCUT2D eigenvalue weighted by Gasteiger charge is -2.20. The number of amides is 1. The maximum absolute atomic E-state index is 12.0. The van der Waals surface area contributed by atoms with Gasteiger partial charge in [-0.3, -0.25) is 10.2 Å². The molecule has 1 aromatic carbocycles. The fourth-order valence-corrected chi connectivity index (χ4v) is 2.69. The fraction of sp³-hybridized carbons (Fsp3) is 0.533. The number of hydrazine groups is 1. The normalized spacial score (nSPS) is 22.3. The van der Waals surface area contributed by atoms with Crippen molar-refractivity contribution in [3.8, 4) is 11.5 Å². The Hall–Kier alpha value is -1.87. The van der Waals surface area contributed by atoms with Crippen LogP contribution >= 0.6 is 0 Å². The van der Waals surface area contributed by atoms with Gasteiger partial charge in [0.1, 0.15) is 6.17 Å². The van der Waals surface area contributed by atoms with E-state index in [0.717, 1.165) is 23.6 Å². The van der Waals surface area contributed by atoms with Crippen molar-refractivity contribution in [1.82, 2.24) is 21.5 Å². The van der Waals surface area contributed by atoms with Gasteiger partial charge in [-0.2, -0.15) is 0 Å². The molecule has 1 fully saturated rings. The van der Waals surface area contributed by atoms with Gasteiger partial charge in [-0.1, -0.05) is 6.07 Å². The van der Waals surface area contributed by atoms with Gasteiger partial charge in [0.2, 0.25) is 12.7 Å². The van der Waals surface area contributed by atoms with E-state index in [-0.39, 0.29) is 31.3 Å². The second kappa shape index (κ2) is 7.60. The van der Waals surface area contributed by atoms with Gasteiger partial charge in [0, 0.05) is 26.1 Å². The SMILES string of the molecule is COCCNCC(=O)NC1NNCC1c1ccc2c(c1)OCO2. The molecule has 8 nitrogen and oxygen atoms in total. The average molecular weight is 322 g/mol. The number of hydrogen-bond donors (Lipinski definition) is 4. The molecule has 0 spiro atoms. The van der Waals surface area contributed by atoms with E-state index < -0.39 is 0 Å². The number of ether oxygens (including phenoxy) is 3. The molecule has 1 amide bonds. The highest BCUT2D eigenvalue weighted by molar-refractivity contribution is 5.78. The molecule has 8 heteroatoms. The van der Waals surface area contributed by atoms with Gasteiger partial charge in [-0.25, -0.2) is 5.43 Å². The Balaban J connectivity index is 1.56. The van der Waals surface area contributed by atoms with Gasteiger partial charge in [-0.15, -0.1) is 0 Å². The van der Waals surface area contributed by atoms with E-state index in [4.69, 9.17) is 14.2 Å². The van der Waals surface area contributed by atoms with Crippen LogP contribution in [0.1, 0.15) is 11.5 Å². The molecule has 126 valence electrons. The Bertz CT molecular complexity index is 554. The largest absolute Gasteiger partial charge is 0.454 e. The second-order valence-corrected chi connectivity index (χ2v) is 5.46. The van der Waals surface area contributed by atoms with Crippen molar-refractivity contribution in [3.63, 3.8) is 0 Å². The number of benzene rings is 1. The molecule has 0 aromatic heterocycles. The van der Waals surface area contributed by atoms with Gasteiger partial charge >= 0.3 is 0 Å². The molecular weight excluding hydrogens is 300 g/mol. The molecular formula is C15H22N4O4.